The number of anilines is 1. The maximum absolute atomic E-state index is 12.3. The van der Waals surface area contributed by atoms with E-state index in [1.54, 1.807) is 0 Å². The Bertz CT molecular complexity index is 550. The fraction of sp³-hybridized carbons (Fsp3) is 0.611. The van der Waals surface area contributed by atoms with E-state index in [0.29, 0.717) is 18.9 Å². The van der Waals surface area contributed by atoms with Crippen LogP contribution in [0.3, 0.4) is 0 Å². The van der Waals surface area contributed by atoms with Crippen LogP contribution in [0.2, 0.25) is 0 Å². The van der Waals surface area contributed by atoms with E-state index in [9.17, 15) is 4.79 Å². The standard InChI is InChI=1S/C18H25NO3/c1-3-21-17-10-14-8-12(2)22-16(14)11-15(17)19-18(20)9-13-6-4-5-7-13/h10-13H,3-9H2,1-2H3,(H,19,20). The highest BCUT2D eigenvalue weighted by Crippen LogP contribution is 2.38. The number of carbonyl (C=O) groups excluding carboxylic acids is 1. The number of nitrogens with one attached hydrogen (secondary N) is 1. The van der Waals surface area contributed by atoms with Gasteiger partial charge in [-0.2, -0.15) is 0 Å². The van der Waals surface area contributed by atoms with Crippen LogP contribution in [-0.4, -0.2) is 18.6 Å². The average Bonchev–Trinajstić information content (AvgIpc) is 3.07. The van der Waals surface area contributed by atoms with Crippen molar-refractivity contribution >= 4 is 11.6 Å². The fourth-order valence-corrected chi connectivity index (χ4v) is 3.49. The topological polar surface area (TPSA) is 47.6 Å². The summed E-state index contributed by atoms with van der Waals surface area (Å²) < 4.78 is 11.5. The van der Waals surface area contributed by atoms with Gasteiger partial charge in [-0.15, -0.1) is 0 Å². The first-order valence-electron chi connectivity index (χ1n) is 8.42. The van der Waals surface area contributed by atoms with Crippen LogP contribution in [0.5, 0.6) is 11.5 Å². The van der Waals surface area contributed by atoms with Crippen LogP contribution >= 0.6 is 0 Å². The van der Waals surface area contributed by atoms with E-state index in [-0.39, 0.29) is 12.0 Å². The van der Waals surface area contributed by atoms with E-state index in [0.717, 1.165) is 29.2 Å². The quantitative estimate of drug-likeness (QED) is 0.896. The Balaban J connectivity index is 1.73. The minimum absolute atomic E-state index is 0.0823. The van der Waals surface area contributed by atoms with Gasteiger partial charge in [0.2, 0.25) is 5.91 Å². The van der Waals surface area contributed by atoms with E-state index in [1.807, 2.05) is 19.1 Å². The molecule has 4 heteroatoms. The maximum atomic E-state index is 12.3. The lowest BCUT2D eigenvalue weighted by atomic mass is 10.0. The second-order valence-electron chi connectivity index (χ2n) is 6.42. The second kappa shape index (κ2) is 6.59. The van der Waals surface area contributed by atoms with E-state index in [2.05, 4.69) is 12.2 Å². The van der Waals surface area contributed by atoms with Gasteiger partial charge in [-0.25, -0.2) is 0 Å². The molecule has 1 unspecified atom stereocenters. The van der Waals surface area contributed by atoms with E-state index in [1.165, 1.54) is 25.7 Å². The number of fused-ring (bicyclic) bond motifs is 1. The number of benzene rings is 1. The molecule has 0 radical (unpaired) electrons. The molecule has 4 nitrogen and oxygen atoms in total. The molecule has 1 aliphatic heterocycles. The van der Waals surface area contributed by atoms with Crippen LogP contribution in [0, 0.1) is 5.92 Å². The van der Waals surface area contributed by atoms with Crippen molar-refractivity contribution in [1.29, 1.82) is 0 Å². The van der Waals surface area contributed by atoms with Gasteiger partial charge in [0.1, 0.15) is 17.6 Å². The predicted molar refractivity (Wildman–Crippen MR) is 86.6 cm³/mol. The zero-order chi connectivity index (χ0) is 15.5. The Hall–Kier alpha value is -1.71. The Morgan fingerprint density at radius 1 is 1.36 bits per heavy atom. The fourth-order valence-electron chi connectivity index (χ4n) is 3.49. The molecule has 3 rings (SSSR count). The summed E-state index contributed by atoms with van der Waals surface area (Å²) in [5.41, 5.74) is 1.89. The van der Waals surface area contributed by atoms with Crippen LogP contribution in [-0.2, 0) is 11.2 Å². The van der Waals surface area contributed by atoms with Crippen molar-refractivity contribution in [1.82, 2.24) is 0 Å². The number of hydrogen-bond acceptors (Lipinski definition) is 3. The SMILES string of the molecule is CCOc1cc2c(cc1NC(=O)CC1CCCC1)OC(C)C2. The van der Waals surface area contributed by atoms with Crippen LogP contribution in [0.25, 0.3) is 0 Å². The van der Waals surface area contributed by atoms with E-state index < -0.39 is 0 Å². The van der Waals surface area contributed by atoms with Crippen molar-refractivity contribution < 1.29 is 14.3 Å². The molecule has 2 aliphatic rings. The van der Waals surface area contributed by atoms with E-state index in [4.69, 9.17) is 9.47 Å². The summed E-state index contributed by atoms with van der Waals surface area (Å²) in [7, 11) is 0. The molecule has 1 N–H and O–H groups in total. The molecule has 1 heterocycles. The first-order valence-corrected chi connectivity index (χ1v) is 8.42. The summed E-state index contributed by atoms with van der Waals surface area (Å²) in [5.74, 6) is 2.24. The molecular weight excluding hydrogens is 278 g/mol. The molecule has 0 aromatic heterocycles. The van der Waals surface area contributed by atoms with Gasteiger partial charge in [0.25, 0.3) is 0 Å². The van der Waals surface area contributed by atoms with Gasteiger partial charge >= 0.3 is 0 Å². The highest BCUT2D eigenvalue weighted by atomic mass is 16.5. The Morgan fingerprint density at radius 3 is 2.86 bits per heavy atom. The maximum Gasteiger partial charge on any atom is 0.224 e. The summed E-state index contributed by atoms with van der Waals surface area (Å²) in [5, 5.41) is 3.02. The number of ether oxygens (including phenoxy) is 2. The minimum Gasteiger partial charge on any atom is -0.492 e. The molecule has 0 spiro atoms. The smallest absolute Gasteiger partial charge is 0.224 e. The van der Waals surface area contributed by atoms with Crippen LogP contribution < -0.4 is 14.8 Å². The van der Waals surface area contributed by atoms with Crippen LogP contribution in [0.1, 0.15) is 51.5 Å². The van der Waals surface area contributed by atoms with Gasteiger partial charge in [0.15, 0.2) is 0 Å². The van der Waals surface area contributed by atoms with E-state index >= 15 is 0 Å². The third-order valence-corrected chi connectivity index (χ3v) is 4.52. The van der Waals surface area contributed by atoms with Crippen LogP contribution in [0.4, 0.5) is 5.69 Å². The zero-order valence-corrected chi connectivity index (χ0v) is 13.5. The molecule has 0 saturated heterocycles. The van der Waals surface area contributed by atoms with Gasteiger partial charge < -0.3 is 14.8 Å². The molecule has 1 amide bonds. The molecule has 22 heavy (non-hydrogen) atoms. The molecule has 1 fully saturated rings. The third kappa shape index (κ3) is 3.37. The van der Waals surface area contributed by atoms with Gasteiger partial charge in [0, 0.05) is 24.5 Å². The number of hydrogen-bond donors (Lipinski definition) is 1. The molecule has 1 aliphatic carbocycles. The lowest BCUT2D eigenvalue weighted by molar-refractivity contribution is -0.117. The summed E-state index contributed by atoms with van der Waals surface area (Å²) in [6.07, 6.45) is 6.56. The van der Waals surface area contributed by atoms with Crippen LogP contribution in [0.15, 0.2) is 12.1 Å². The van der Waals surface area contributed by atoms with Crippen molar-refractivity contribution in [2.24, 2.45) is 5.92 Å². The molecule has 1 aromatic rings. The highest BCUT2D eigenvalue weighted by Gasteiger charge is 2.23. The lowest BCUT2D eigenvalue weighted by Crippen LogP contribution is -2.16. The minimum atomic E-state index is 0.0823. The van der Waals surface area contributed by atoms with Crippen molar-refractivity contribution in [2.75, 3.05) is 11.9 Å². The summed E-state index contributed by atoms with van der Waals surface area (Å²) in [4.78, 5) is 12.3. The summed E-state index contributed by atoms with van der Waals surface area (Å²) >= 11 is 0. The van der Waals surface area contributed by atoms with Gasteiger partial charge in [-0.1, -0.05) is 12.8 Å². The number of carbonyl (C=O) groups is 1. The summed E-state index contributed by atoms with van der Waals surface area (Å²) in [6.45, 7) is 4.59. The molecule has 1 aromatic carbocycles. The largest absolute Gasteiger partial charge is 0.492 e. The summed E-state index contributed by atoms with van der Waals surface area (Å²) in [6, 6.07) is 3.92. The Labute approximate surface area is 132 Å². The first-order chi connectivity index (χ1) is 10.7. The molecule has 120 valence electrons. The average molecular weight is 303 g/mol. The van der Waals surface area contributed by atoms with Crippen molar-refractivity contribution in [2.45, 2.75) is 58.5 Å². The van der Waals surface area contributed by atoms with Gasteiger partial charge in [0.05, 0.1) is 12.3 Å². The number of amides is 1. The number of rotatable bonds is 5. The van der Waals surface area contributed by atoms with Gasteiger partial charge in [-0.05, 0) is 38.7 Å². The normalized spacial score (nSPS) is 20.5. The lowest BCUT2D eigenvalue weighted by Gasteiger charge is -2.15. The monoisotopic (exact) mass is 303 g/mol. The molecular formula is C18H25NO3. The van der Waals surface area contributed by atoms with Gasteiger partial charge in [-0.3, -0.25) is 4.79 Å². The third-order valence-electron chi connectivity index (χ3n) is 4.52. The Morgan fingerprint density at radius 2 is 2.14 bits per heavy atom. The second-order valence-corrected chi connectivity index (χ2v) is 6.42. The predicted octanol–water partition coefficient (Wildman–Crippen LogP) is 3.93. The molecule has 1 atom stereocenters. The molecule has 0 bridgehead atoms. The molecule has 1 saturated carbocycles. The Kier molecular flexibility index (Phi) is 4.55. The zero-order valence-electron chi connectivity index (χ0n) is 13.5. The highest BCUT2D eigenvalue weighted by molar-refractivity contribution is 5.93. The first kappa shape index (κ1) is 15.2. The van der Waals surface area contributed by atoms with Crippen molar-refractivity contribution in [3.05, 3.63) is 17.7 Å². The van der Waals surface area contributed by atoms with Crippen molar-refractivity contribution in [3.63, 3.8) is 0 Å². The van der Waals surface area contributed by atoms with Crippen molar-refractivity contribution in [3.8, 4) is 11.5 Å².